The first-order valence-electron chi connectivity index (χ1n) is 17.9. The molecule has 1 aromatic carbocycles. The fraction of sp³-hybridized carbons (Fsp3) is 0.658. The number of nitrogens with zero attached hydrogens (tertiary/aromatic N) is 2. The molecule has 0 bridgehead atoms. The molecule has 4 N–H and O–H groups in total. The molecule has 290 valence electrons. The summed E-state index contributed by atoms with van der Waals surface area (Å²) < 4.78 is 5.48. The van der Waals surface area contributed by atoms with E-state index >= 15 is 0 Å². The monoisotopic (exact) mass is 728 g/mol. The molecule has 0 saturated carbocycles. The molecule has 0 aliphatic carbocycles. The number of ketones is 1. The van der Waals surface area contributed by atoms with Gasteiger partial charge in [-0.3, -0.25) is 28.8 Å². The van der Waals surface area contributed by atoms with Gasteiger partial charge in [0.25, 0.3) is 5.91 Å². The van der Waals surface area contributed by atoms with Gasteiger partial charge in [0, 0.05) is 20.6 Å². The maximum Gasteiger partial charge on any atom is 0.408 e. The summed E-state index contributed by atoms with van der Waals surface area (Å²) in [5, 5.41) is 10.4. The van der Waals surface area contributed by atoms with Crippen molar-refractivity contribution in [3.63, 3.8) is 0 Å². The highest BCUT2D eigenvalue weighted by molar-refractivity contribution is 6.38. The molecule has 0 radical (unpaired) electrons. The standard InChI is InChI=1S/C38H60N6O8/c1-22(2)18-26(30(46)33(48)39-20-28(45)41-29(34(49)43(11)12)25-16-14-13-15-17-25)40-32(47)27-19-38(9,10)21-44(27)35(50)31(37(6,7)8)42-36(51)52-24(5)23(3)4/h13-17,22-24,26-27,29,31H,18-21H2,1-12H3,(H,39,48)(H,40,47)(H,41,45)(H,42,51)/t24-,26?,27-,29-,31+/m0/s1. The summed E-state index contributed by atoms with van der Waals surface area (Å²) in [4.78, 5) is 95.9. The maximum absolute atomic E-state index is 14.1. The van der Waals surface area contributed by atoms with Crippen molar-refractivity contribution in [2.24, 2.45) is 22.7 Å². The Labute approximate surface area is 308 Å². The van der Waals surface area contributed by atoms with E-state index < -0.39 is 77.0 Å². The lowest BCUT2D eigenvalue weighted by atomic mass is 9.85. The Kier molecular flexibility index (Phi) is 15.4. The number of likely N-dealkylation sites (tertiary alicyclic amines) is 1. The van der Waals surface area contributed by atoms with Gasteiger partial charge in [0.15, 0.2) is 0 Å². The highest BCUT2D eigenvalue weighted by atomic mass is 16.6. The van der Waals surface area contributed by atoms with Crippen LogP contribution in [0.4, 0.5) is 4.79 Å². The SMILES string of the molecule is CC(C)CC(NC(=O)[C@@H]1CC(C)(C)CN1C(=O)[C@@H](NC(=O)O[C@@H](C)C(C)C)C(C)(C)C)C(=O)C(=O)NCC(=O)N[C@H](C(=O)N(C)C)c1ccccc1. The van der Waals surface area contributed by atoms with Crippen molar-refractivity contribution in [2.75, 3.05) is 27.2 Å². The third kappa shape index (κ3) is 12.6. The number of hydrogen-bond donors (Lipinski definition) is 4. The quantitative estimate of drug-likeness (QED) is 0.199. The fourth-order valence-electron chi connectivity index (χ4n) is 5.79. The van der Waals surface area contributed by atoms with Gasteiger partial charge in [-0.25, -0.2) is 4.79 Å². The zero-order valence-corrected chi connectivity index (χ0v) is 32.9. The van der Waals surface area contributed by atoms with Crippen molar-refractivity contribution in [2.45, 2.75) is 112 Å². The predicted molar refractivity (Wildman–Crippen MR) is 196 cm³/mol. The molecule has 52 heavy (non-hydrogen) atoms. The minimum atomic E-state index is -1.24. The van der Waals surface area contributed by atoms with Crippen LogP contribution in [0.1, 0.15) is 93.7 Å². The Morgan fingerprint density at radius 2 is 1.52 bits per heavy atom. The molecular weight excluding hydrogens is 668 g/mol. The van der Waals surface area contributed by atoms with E-state index in [1.54, 1.807) is 72.1 Å². The van der Waals surface area contributed by atoms with E-state index in [9.17, 15) is 33.6 Å². The number of likely N-dealkylation sites (N-methyl/N-ethyl adjacent to an activating group) is 1. The highest BCUT2D eigenvalue weighted by Crippen LogP contribution is 2.36. The summed E-state index contributed by atoms with van der Waals surface area (Å²) in [5.41, 5.74) is -0.669. The van der Waals surface area contributed by atoms with Gasteiger partial charge in [0.2, 0.25) is 29.4 Å². The van der Waals surface area contributed by atoms with E-state index in [0.717, 1.165) is 0 Å². The van der Waals surface area contributed by atoms with Crippen LogP contribution in [0.2, 0.25) is 0 Å². The van der Waals surface area contributed by atoms with Crippen LogP contribution < -0.4 is 21.3 Å². The van der Waals surface area contributed by atoms with Crippen LogP contribution in [-0.2, 0) is 33.5 Å². The maximum atomic E-state index is 14.1. The number of hydrogen-bond acceptors (Lipinski definition) is 8. The smallest absolute Gasteiger partial charge is 0.408 e. The minimum absolute atomic E-state index is 0.0634. The third-order valence-corrected chi connectivity index (χ3v) is 9.01. The molecule has 1 aliphatic rings. The molecule has 14 nitrogen and oxygen atoms in total. The normalized spacial score (nSPS) is 17.7. The predicted octanol–water partition coefficient (Wildman–Crippen LogP) is 2.96. The number of carbonyl (C=O) groups excluding carboxylic acids is 7. The van der Waals surface area contributed by atoms with Gasteiger partial charge >= 0.3 is 6.09 Å². The molecular formula is C38H60N6O8. The van der Waals surface area contributed by atoms with Gasteiger partial charge in [-0.05, 0) is 48.0 Å². The number of carbonyl (C=O) groups is 7. The molecule has 1 fully saturated rings. The van der Waals surface area contributed by atoms with Crippen LogP contribution in [0.5, 0.6) is 0 Å². The minimum Gasteiger partial charge on any atom is -0.446 e. The van der Waals surface area contributed by atoms with E-state index in [1.165, 1.54) is 9.80 Å². The lowest BCUT2D eigenvalue weighted by Crippen LogP contribution is -2.59. The summed E-state index contributed by atoms with van der Waals surface area (Å²) in [5.74, 6) is -4.23. The van der Waals surface area contributed by atoms with E-state index in [1.807, 2.05) is 41.5 Å². The Morgan fingerprint density at radius 1 is 0.923 bits per heavy atom. The average molecular weight is 729 g/mol. The number of amides is 6. The number of ether oxygens (including phenoxy) is 1. The summed E-state index contributed by atoms with van der Waals surface area (Å²) in [7, 11) is 3.11. The van der Waals surface area contributed by atoms with Crippen molar-refractivity contribution in [3.8, 4) is 0 Å². The molecule has 6 amide bonds. The number of alkyl carbamates (subject to hydrolysis) is 1. The van der Waals surface area contributed by atoms with E-state index in [0.29, 0.717) is 5.56 Å². The Bertz CT molecular complexity index is 1450. The van der Waals surface area contributed by atoms with E-state index in [2.05, 4.69) is 21.3 Å². The first-order chi connectivity index (χ1) is 23.9. The van der Waals surface area contributed by atoms with Gasteiger partial charge < -0.3 is 35.8 Å². The summed E-state index contributed by atoms with van der Waals surface area (Å²) in [6.45, 7) is 18.1. The summed E-state index contributed by atoms with van der Waals surface area (Å²) >= 11 is 0. The zero-order chi connectivity index (χ0) is 39.7. The molecule has 2 rings (SSSR count). The molecule has 0 aromatic heterocycles. The Balaban J connectivity index is 2.22. The third-order valence-electron chi connectivity index (χ3n) is 9.01. The van der Waals surface area contributed by atoms with Crippen molar-refractivity contribution in [1.29, 1.82) is 0 Å². The van der Waals surface area contributed by atoms with Crippen molar-refractivity contribution in [1.82, 2.24) is 31.1 Å². The van der Waals surface area contributed by atoms with Crippen molar-refractivity contribution >= 4 is 41.4 Å². The molecule has 0 spiro atoms. The van der Waals surface area contributed by atoms with E-state index in [4.69, 9.17) is 4.74 Å². The second-order valence-electron chi connectivity index (χ2n) is 16.5. The van der Waals surface area contributed by atoms with Crippen LogP contribution in [0.3, 0.4) is 0 Å². The first kappa shape index (κ1) is 43.7. The van der Waals surface area contributed by atoms with Crippen LogP contribution in [0, 0.1) is 22.7 Å². The number of rotatable bonds is 15. The molecule has 1 aromatic rings. The van der Waals surface area contributed by atoms with Gasteiger partial charge in [-0.2, -0.15) is 0 Å². The topological polar surface area (TPSA) is 183 Å². The molecule has 1 unspecified atom stereocenters. The zero-order valence-electron chi connectivity index (χ0n) is 32.9. The molecule has 14 heteroatoms. The van der Waals surface area contributed by atoms with Crippen LogP contribution in [0.15, 0.2) is 30.3 Å². The average Bonchev–Trinajstić information content (AvgIpc) is 3.38. The van der Waals surface area contributed by atoms with Crippen LogP contribution in [-0.4, -0.2) is 103 Å². The van der Waals surface area contributed by atoms with E-state index in [-0.39, 0.29) is 43.2 Å². The summed E-state index contributed by atoms with van der Waals surface area (Å²) in [6.07, 6.45) is -0.732. The van der Waals surface area contributed by atoms with Crippen LogP contribution in [0.25, 0.3) is 0 Å². The van der Waals surface area contributed by atoms with Gasteiger partial charge in [-0.1, -0.05) is 92.6 Å². The summed E-state index contributed by atoms with van der Waals surface area (Å²) in [6, 6.07) is 4.36. The lowest BCUT2D eigenvalue weighted by molar-refractivity contribution is -0.144. The second kappa shape index (κ2) is 18.3. The largest absolute Gasteiger partial charge is 0.446 e. The van der Waals surface area contributed by atoms with Gasteiger partial charge in [0.05, 0.1) is 12.6 Å². The molecule has 1 saturated heterocycles. The number of Topliss-reactive ketones (excluding diaryl/α,β-unsaturated/α-hetero) is 1. The van der Waals surface area contributed by atoms with Gasteiger partial charge in [0.1, 0.15) is 24.2 Å². The fourth-order valence-corrected chi connectivity index (χ4v) is 5.79. The van der Waals surface area contributed by atoms with Crippen molar-refractivity contribution < 1.29 is 38.3 Å². The second-order valence-corrected chi connectivity index (χ2v) is 16.5. The van der Waals surface area contributed by atoms with Crippen molar-refractivity contribution in [3.05, 3.63) is 35.9 Å². The van der Waals surface area contributed by atoms with Gasteiger partial charge in [-0.15, -0.1) is 0 Å². The molecule has 5 atom stereocenters. The Hall–Kier alpha value is -4.49. The van der Waals surface area contributed by atoms with Crippen LogP contribution >= 0.6 is 0 Å². The number of nitrogens with one attached hydrogen (secondary N) is 4. The highest BCUT2D eigenvalue weighted by Gasteiger charge is 2.48. The Morgan fingerprint density at radius 3 is 2.04 bits per heavy atom. The first-order valence-corrected chi connectivity index (χ1v) is 17.9. The number of benzene rings is 1. The molecule has 1 heterocycles. The molecule has 1 aliphatic heterocycles. The lowest BCUT2D eigenvalue weighted by Gasteiger charge is -2.36.